The number of hydrogen-bond donors (Lipinski definition) is 2. The highest BCUT2D eigenvalue weighted by Crippen LogP contribution is 2.08. The Labute approximate surface area is 79.8 Å². The summed E-state index contributed by atoms with van der Waals surface area (Å²) in [5.74, 6) is -1.10. The zero-order chi connectivity index (χ0) is 10.1. The highest BCUT2D eigenvalue weighted by molar-refractivity contribution is 5.71. The molecule has 2 N–H and O–H groups in total. The molecule has 0 saturated carbocycles. The fraction of sp³-hybridized carbons (Fsp3) is 0.900. The lowest BCUT2D eigenvalue weighted by Gasteiger charge is -2.04. The molecule has 1 atom stereocenters. The molecular weight excluding hydrogens is 168 g/mol. The van der Waals surface area contributed by atoms with E-state index in [9.17, 15) is 4.79 Å². The second-order valence-corrected chi connectivity index (χ2v) is 3.41. The van der Waals surface area contributed by atoms with Gasteiger partial charge in [0.25, 0.3) is 0 Å². The summed E-state index contributed by atoms with van der Waals surface area (Å²) in [4.78, 5) is 10.2. The van der Waals surface area contributed by atoms with Gasteiger partial charge in [0.15, 0.2) is 6.10 Å². The van der Waals surface area contributed by atoms with Gasteiger partial charge in [0.2, 0.25) is 0 Å². The largest absolute Gasteiger partial charge is 0.479 e. The Balaban J connectivity index is 3.11. The maximum Gasteiger partial charge on any atom is 0.332 e. The van der Waals surface area contributed by atoms with Crippen molar-refractivity contribution < 1.29 is 15.0 Å². The van der Waals surface area contributed by atoms with Gasteiger partial charge in [-0.2, -0.15) is 0 Å². The first kappa shape index (κ1) is 12.4. The molecular formula is C10H20O3. The summed E-state index contributed by atoms with van der Waals surface area (Å²) in [6.07, 6.45) is 5.92. The Morgan fingerprint density at radius 1 is 1.15 bits per heavy atom. The number of carboxylic acids is 1. The molecule has 0 aromatic heterocycles. The van der Waals surface area contributed by atoms with Gasteiger partial charge in [-0.3, -0.25) is 0 Å². The van der Waals surface area contributed by atoms with Crippen LogP contribution in [0.5, 0.6) is 0 Å². The van der Waals surface area contributed by atoms with Crippen LogP contribution in [0.25, 0.3) is 0 Å². The van der Waals surface area contributed by atoms with Gasteiger partial charge < -0.3 is 10.2 Å². The Morgan fingerprint density at radius 2 is 1.69 bits per heavy atom. The zero-order valence-corrected chi connectivity index (χ0v) is 8.33. The zero-order valence-electron chi connectivity index (χ0n) is 8.33. The lowest BCUT2D eigenvalue weighted by molar-refractivity contribution is -0.146. The Morgan fingerprint density at radius 3 is 2.23 bits per heavy atom. The molecule has 0 spiro atoms. The highest BCUT2D eigenvalue weighted by Gasteiger charge is 2.11. The third kappa shape index (κ3) is 7.78. The van der Waals surface area contributed by atoms with E-state index in [-0.39, 0.29) is 0 Å². The van der Waals surface area contributed by atoms with Crippen molar-refractivity contribution in [3.63, 3.8) is 0 Å². The van der Waals surface area contributed by atoms with Crippen molar-refractivity contribution in [1.29, 1.82) is 0 Å². The standard InChI is InChI=1S/C10H20O3/c1-2-3-4-5-6-7-8-9(11)10(12)13/h9,11H,2-8H2,1H3,(H,12,13). The van der Waals surface area contributed by atoms with Crippen LogP contribution in [0, 0.1) is 0 Å². The van der Waals surface area contributed by atoms with E-state index in [1.807, 2.05) is 0 Å². The molecule has 0 aliphatic carbocycles. The van der Waals surface area contributed by atoms with Crippen LogP contribution in [0.1, 0.15) is 51.9 Å². The summed E-state index contributed by atoms with van der Waals surface area (Å²) in [5.41, 5.74) is 0. The molecule has 3 heteroatoms. The van der Waals surface area contributed by atoms with Crippen molar-refractivity contribution in [2.24, 2.45) is 0 Å². The second-order valence-electron chi connectivity index (χ2n) is 3.41. The number of carboxylic acid groups (broad SMARTS) is 1. The fourth-order valence-electron chi connectivity index (χ4n) is 1.24. The number of aliphatic hydroxyl groups excluding tert-OH is 1. The van der Waals surface area contributed by atoms with Gasteiger partial charge in [0, 0.05) is 0 Å². The SMILES string of the molecule is CCCCCCCCC(O)C(=O)O. The van der Waals surface area contributed by atoms with Crippen LogP contribution in [0.4, 0.5) is 0 Å². The topological polar surface area (TPSA) is 57.5 Å². The highest BCUT2D eigenvalue weighted by atomic mass is 16.4. The lowest BCUT2D eigenvalue weighted by atomic mass is 10.1. The van der Waals surface area contributed by atoms with E-state index in [4.69, 9.17) is 10.2 Å². The number of unbranched alkanes of at least 4 members (excludes halogenated alkanes) is 5. The summed E-state index contributed by atoms with van der Waals surface area (Å²) in [5, 5.41) is 17.3. The fourth-order valence-corrected chi connectivity index (χ4v) is 1.24. The van der Waals surface area contributed by atoms with E-state index in [0.29, 0.717) is 6.42 Å². The normalized spacial score (nSPS) is 12.8. The molecule has 3 nitrogen and oxygen atoms in total. The summed E-state index contributed by atoms with van der Waals surface area (Å²) in [6.45, 7) is 2.16. The van der Waals surface area contributed by atoms with E-state index in [1.165, 1.54) is 19.3 Å². The molecule has 1 unspecified atom stereocenters. The van der Waals surface area contributed by atoms with Crippen molar-refractivity contribution in [3.8, 4) is 0 Å². The number of aliphatic hydroxyl groups is 1. The van der Waals surface area contributed by atoms with Crippen LogP contribution in [-0.2, 0) is 4.79 Å². The average molecular weight is 188 g/mol. The predicted molar refractivity (Wildman–Crippen MR) is 51.6 cm³/mol. The molecule has 0 radical (unpaired) electrons. The summed E-state index contributed by atoms with van der Waals surface area (Å²) in [6, 6.07) is 0. The van der Waals surface area contributed by atoms with Crippen molar-refractivity contribution in [2.75, 3.05) is 0 Å². The molecule has 0 aromatic carbocycles. The molecule has 0 aliphatic heterocycles. The van der Waals surface area contributed by atoms with E-state index in [1.54, 1.807) is 0 Å². The number of carbonyl (C=O) groups is 1. The predicted octanol–water partition coefficient (Wildman–Crippen LogP) is 2.18. The third-order valence-corrected chi connectivity index (χ3v) is 2.12. The summed E-state index contributed by atoms with van der Waals surface area (Å²) in [7, 11) is 0. The van der Waals surface area contributed by atoms with Gasteiger partial charge in [-0.15, -0.1) is 0 Å². The second kappa shape index (κ2) is 8.05. The summed E-state index contributed by atoms with van der Waals surface area (Å²) >= 11 is 0. The minimum Gasteiger partial charge on any atom is -0.479 e. The van der Waals surface area contributed by atoms with Crippen LogP contribution in [0.2, 0.25) is 0 Å². The quantitative estimate of drug-likeness (QED) is 0.574. The molecule has 13 heavy (non-hydrogen) atoms. The van der Waals surface area contributed by atoms with Gasteiger partial charge in [-0.1, -0.05) is 45.4 Å². The van der Waals surface area contributed by atoms with E-state index < -0.39 is 12.1 Å². The maximum absolute atomic E-state index is 10.2. The first-order valence-electron chi connectivity index (χ1n) is 5.09. The molecule has 0 bridgehead atoms. The van der Waals surface area contributed by atoms with E-state index >= 15 is 0 Å². The number of aliphatic carboxylic acids is 1. The first-order valence-corrected chi connectivity index (χ1v) is 5.09. The van der Waals surface area contributed by atoms with Crippen LogP contribution < -0.4 is 0 Å². The van der Waals surface area contributed by atoms with Gasteiger partial charge in [0.1, 0.15) is 0 Å². The lowest BCUT2D eigenvalue weighted by Crippen LogP contribution is -2.18. The minimum absolute atomic E-state index is 0.390. The van der Waals surface area contributed by atoms with Crippen molar-refractivity contribution in [1.82, 2.24) is 0 Å². The molecule has 0 aromatic rings. The number of rotatable bonds is 8. The Hall–Kier alpha value is -0.570. The smallest absolute Gasteiger partial charge is 0.332 e. The molecule has 0 heterocycles. The molecule has 0 fully saturated rings. The van der Waals surface area contributed by atoms with Crippen LogP contribution in [-0.4, -0.2) is 22.3 Å². The van der Waals surface area contributed by atoms with Gasteiger partial charge >= 0.3 is 5.97 Å². The Kier molecular flexibility index (Phi) is 7.69. The van der Waals surface area contributed by atoms with Crippen molar-refractivity contribution in [3.05, 3.63) is 0 Å². The van der Waals surface area contributed by atoms with Crippen molar-refractivity contribution >= 4 is 5.97 Å². The van der Waals surface area contributed by atoms with Crippen molar-refractivity contribution in [2.45, 2.75) is 58.0 Å². The van der Waals surface area contributed by atoms with Crippen LogP contribution in [0.3, 0.4) is 0 Å². The van der Waals surface area contributed by atoms with Gasteiger partial charge in [-0.05, 0) is 6.42 Å². The third-order valence-electron chi connectivity index (χ3n) is 2.12. The van der Waals surface area contributed by atoms with Crippen LogP contribution >= 0.6 is 0 Å². The summed E-state index contributed by atoms with van der Waals surface area (Å²) < 4.78 is 0. The first-order chi connectivity index (χ1) is 6.18. The minimum atomic E-state index is -1.16. The van der Waals surface area contributed by atoms with Gasteiger partial charge in [-0.25, -0.2) is 4.79 Å². The molecule has 0 aliphatic rings. The molecule has 0 rings (SSSR count). The maximum atomic E-state index is 10.2. The monoisotopic (exact) mass is 188 g/mol. The van der Waals surface area contributed by atoms with Crippen LogP contribution in [0.15, 0.2) is 0 Å². The van der Waals surface area contributed by atoms with E-state index in [0.717, 1.165) is 19.3 Å². The average Bonchev–Trinajstić information content (AvgIpc) is 2.10. The van der Waals surface area contributed by atoms with Gasteiger partial charge in [0.05, 0.1) is 0 Å². The molecule has 0 saturated heterocycles. The molecule has 0 amide bonds. The Bertz CT molecular complexity index is 134. The molecule has 78 valence electrons. The van der Waals surface area contributed by atoms with E-state index in [2.05, 4.69) is 6.92 Å². The number of hydrogen-bond acceptors (Lipinski definition) is 2.